The number of aryl methyl sites for hydroxylation is 9. The van der Waals surface area contributed by atoms with Crippen molar-refractivity contribution in [1.29, 1.82) is 0 Å². The second-order valence-corrected chi connectivity index (χ2v) is 12.5. The van der Waals surface area contributed by atoms with Gasteiger partial charge in [-0.05, 0) is 130 Å². The molecule has 9 nitrogen and oxygen atoms in total. The van der Waals surface area contributed by atoms with E-state index in [1.165, 1.54) is 39.7 Å². The Bertz CT molecular complexity index is 1640. The van der Waals surface area contributed by atoms with Gasteiger partial charge in [0.25, 0.3) is 0 Å². The molecule has 8 rings (SSSR count). The van der Waals surface area contributed by atoms with Crippen LogP contribution < -0.4 is 0 Å². The summed E-state index contributed by atoms with van der Waals surface area (Å²) in [6.07, 6.45) is 23.2. The summed E-state index contributed by atoms with van der Waals surface area (Å²) in [5.41, 5.74) is 9.81. The Morgan fingerprint density at radius 3 is 0.906 bits per heavy atom. The summed E-state index contributed by atoms with van der Waals surface area (Å²) in [5.74, 6) is 0. The Balaban J connectivity index is -0.0000000428. The van der Waals surface area contributed by atoms with Gasteiger partial charge < -0.3 is 9.09 Å². The van der Waals surface area contributed by atoms with Crippen molar-refractivity contribution in [2.75, 3.05) is 0 Å². The first-order valence-electron chi connectivity index (χ1n) is 32.9. The zero-order valence-electron chi connectivity index (χ0n) is 64.5. The Labute approximate surface area is 539 Å². The van der Waals surface area contributed by atoms with E-state index in [2.05, 4.69) is 102 Å². The van der Waals surface area contributed by atoms with Gasteiger partial charge in [0.2, 0.25) is 0 Å². The number of aromatic nitrogens is 8. The maximum Gasteiger partial charge on any atom is 0.126 e. The average Bonchev–Trinajstić information content (AvgIpc) is 4.49. The van der Waals surface area contributed by atoms with Crippen LogP contribution in [-0.2, 0) is 7.05 Å². The monoisotopic (exact) mass is 1210 g/mol. The third kappa shape index (κ3) is 144. The number of H-pyrrole nitrogens is 1. The standard InChI is InChI=1S/C7H8.C6H9N.2C6H7N.C5H6N2.C5H6S.C4H6N2.C4H5NO.16C2H6/c1-7-5-3-2-4-6-7;1-6-3-4-7(2)5-6;1-6-2-4-7-5-3-6;1-6-3-2-4-7-5-6;1-5-2-6-4-7-3-5;1-5-2-3-6-4-5;2*1-4-2-5-6-3-4;16*1-2/h2-6H,1H3;3-5H,1-2H3;2*2-5H,1H3;2-4H,1H3;2-4H,1H3;2-3H,1H3,(H,5,6);2-3H,1H3;16*1-2H3. The number of hydrogen-bond acceptors (Lipinski definition) is 8. The van der Waals surface area contributed by atoms with Gasteiger partial charge in [-0.15, -0.1) is 0 Å². The second kappa shape index (κ2) is 147. The van der Waals surface area contributed by atoms with Gasteiger partial charge in [0.05, 0.1) is 12.4 Å². The average molecular weight is 1210 g/mol. The number of aromatic amines is 1. The molecule has 0 aliphatic rings. The lowest BCUT2D eigenvalue weighted by Crippen LogP contribution is -1.76. The Morgan fingerprint density at radius 2 is 0.765 bits per heavy atom. The summed E-state index contributed by atoms with van der Waals surface area (Å²) in [6, 6.07) is 22.3. The quantitative estimate of drug-likeness (QED) is 0.161. The van der Waals surface area contributed by atoms with Crippen molar-refractivity contribution >= 4 is 11.3 Å². The third-order valence-electron chi connectivity index (χ3n) is 6.12. The predicted molar refractivity (Wildman–Crippen MR) is 401 cm³/mol. The van der Waals surface area contributed by atoms with Crippen molar-refractivity contribution in [3.8, 4) is 0 Å². The van der Waals surface area contributed by atoms with E-state index in [0.717, 1.165) is 11.1 Å². The molecule has 7 aromatic heterocycles. The van der Waals surface area contributed by atoms with Crippen LogP contribution in [0.5, 0.6) is 0 Å². The maximum atomic E-state index is 4.46. The van der Waals surface area contributed by atoms with Crippen LogP contribution in [-0.4, -0.2) is 39.9 Å². The lowest BCUT2D eigenvalue weighted by Gasteiger charge is -1.82. The van der Waals surface area contributed by atoms with Crippen LogP contribution in [0.25, 0.3) is 0 Å². The Kier molecular flexibility index (Phi) is 210. The molecule has 0 aliphatic carbocycles. The molecule has 85 heavy (non-hydrogen) atoms. The maximum absolute atomic E-state index is 4.46. The predicted octanol–water partition coefficient (Wildman–Crippen LogP) is 27.1. The van der Waals surface area contributed by atoms with E-state index >= 15 is 0 Å². The van der Waals surface area contributed by atoms with Crippen molar-refractivity contribution in [1.82, 2.24) is 39.9 Å². The SMILES string of the molecule is CC.CC.CC.CC.CC.CC.CC.CC.CC.CC.CC.CC.CC.CC.CC.CC.Cc1ccccc1.Cc1cccnc1.Cc1ccn(C)c1.Cc1ccncc1.Cc1ccsc1.Cc1cn[nH]c1.Cc1cncnc1.Cc1cnoc1. The van der Waals surface area contributed by atoms with Crippen LogP contribution in [0.4, 0.5) is 0 Å². The highest BCUT2D eigenvalue weighted by Gasteiger charge is 1.81. The van der Waals surface area contributed by atoms with Crippen molar-refractivity contribution in [3.63, 3.8) is 0 Å². The number of benzene rings is 1. The topological polar surface area (TPSA) is 111 Å². The molecular weight excluding hydrogens is 1060 g/mol. The van der Waals surface area contributed by atoms with Crippen molar-refractivity contribution < 1.29 is 4.52 Å². The highest BCUT2D eigenvalue weighted by molar-refractivity contribution is 7.07. The van der Waals surface area contributed by atoms with E-state index in [1.807, 2.05) is 329 Å². The minimum atomic E-state index is 1.06. The molecule has 0 amide bonds. The summed E-state index contributed by atoms with van der Waals surface area (Å²) < 4.78 is 6.50. The van der Waals surface area contributed by atoms with E-state index in [4.69, 9.17) is 0 Å². The van der Waals surface area contributed by atoms with E-state index in [0.29, 0.717) is 0 Å². The van der Waals surface area contributed by atoms with Crippen LogP contribution >= 0.6 is 11.3 Å². The molecular formula is C75H150N8OS. The smallest absolute Gasteiger partial charge is 0.126 e. The van der Waals surface area contributed by atoms with Gasteiger partial charge in [0.15, 0.2) is 0 Å². The van der Waals surface area contributed by atoms with Gasteiger partial charge in [0, 0.05) is 68.4 Å². The number of nitrogens with zero attached hydrogens (tertiary/aromatic N) is 7. The van der Waals surface area contributed by atoms with Gasteiger partial charge >= 0.3 is 0 Å². The highest BCUT2D eigenvalue weighted by Crippen LogP contribution is 2.01. The molecule has 0 aliphatic heterocycles. The van der Waals surface area contributed by atoms with E-state index in [-0.39, 0.29) is 0 Å². The number of nitrogens with one attached hydrogen (secondary N) is 1. The first kappa shape index (κ1) is 121. The molecule has 0 unspecified atom stereocenters. The minimum absolute atomic E-state index is 1.06. The van der Waals surface area contributed by atoms with Gasteiger partial charge in [-0.25, -0.2) is 9.97 Å². The second-order valence-electron chi connectivity index (χ2n) is 11.8. The first-order chi connectivity index (χ1) is 41.5. The number of pyridine rings is 2. The summed E-state index contributed by atoms with van der Waals surface area (Å²) in [5, 5.41) is 14.0. The number of rotatable bonds is 0. The molecule has 502 valence electrons. The van der Waals surface area contributed by atoms with Gasteiger partial charge in [-0.2, -0.15) is 16.4 Å². The van der Waals surface area contributed by atoms with Crippen LogP contribution in [0.15, 0.2) is 163 Å². The third-order valence-corrected chi connectivity index (χ3v) is 6.92. The van der Waals surface area contributed by atoms with Crippen LogP contribution in [0.1, 0.15) is 266 Å². The molecule has 0 fully saturated rings. The minimum Gasteiger partial charge on any atom is -0.365 e. The van der Waals surface area contributed by atoms with E-state index in [9.17, 15) is 0 Å². The molecule has 1 N–H and O–H groups in total. The fraction of sp³-hybridized carbons (Fsp3) is 0.547. The molecule has 0 radical (unpaired) electrons. The normalized spacial score (nSPS) is 6.65. The summed E-state index contributed by atoms with van der Waals surface area (Å²) >= 11 is 1.74. The lowest BCUT2D eigenvalue weighted by molar-refractivity contribution is 0.419. The Morgan fingerprint density at radius 1 is 0.353 bits per heavy atom. The molecule has 10 heteroatoms. The molecule has 1 aromatic carbocycles. The molecule has 0 spiro atoms. The van der Waals surface area contributed by atoms with Gasteiger partial charge in [-0.3, -0.25) is 15.1 Å². The fourth-order valence-corrected chi connectivity index (χ4v) is 4.00. The number of thiophene rings is 1. The van der Waals surface area contributed by atoms with Gasteiger partial charge in [-0.1, -0.05) is 269 Å². The van der Waals surface area contributed by atoms with Crippen molar-refractivity contribution in [2.45, 2.75) is 277 Å². The van der Waals surface area contributed by atoms with Crippen LogP contribution in [0.2, 0.25) is 0 Å². The molecule has 7 heterocycles. The van der Waals surface area contributed by atoms with Crippen molar-refractivity contribution in [3.05, 3.63) is 203 Å². The van der Waals surface area contributed by atoms with Crippen LogP contribution in [0.3, 0.4) is 0 Å². The molecule has 0 saturated carbocycles. The van der Waals surface area contributed by atoms with Crippen LogP contribution in [0, 0.1) is 55.4 Å². The fourth-order valence-electron chi connectivity index (χ4n) is 3.33. The molecule has 0 bridgehead atoms. The molecule has 0 saturated heterocycles. The molecule has 0 atom stereocenters. The highest BCUT2D eigenvalue weighted by atomic mass is 32.1. The summed E-state index contributed by atoms with van der Waals surface area (Å²) in [6.45, 7) is 80.2. The summed E-state index contributed by atoms with van der Waals surface area (Å²) in [4.78, 5) is 15.3. The zero-order chi connectivity index (χ0) is 70.9. The van der Waals surface area contributed by atoms with Crippen molar-refractivity contribution in [2.24, 2.45) is 7.05 Å². The Hall–Kier alpha value is -6.00. The first-order valence-corrected chi connectivity index (χ1v) is 33.8. The van der Waals surface area contributed by atoms with Gasteiger partial charge in [0.1, 0.15) is 12.6 Å². The zero-order valence-corrected chi connectivity index (χ0v) is 65.3. The largest absolute Gasteiger partial charge is 0.365 e. The number of hydrogen-bond donors (Lipinski definition) is 1. The lowest BCUT2D eigenvalue weighted by atomic mass is 10.2. The van der Waals surface area contributed by atoms with E-state index in [1.54, 1.807) is 61.0 Å². The molecule has 8 aromatic rings. The summed E-state index contributed by atoms with van der Waals surface area (Å²) in [7, 11) is 2.02. The van der Waals surface area contributed by atoms with E-state index < -0.39 is 0 Å².